The Morgan fingerprint density at radius 1 is 1.14 bits per heavy atom. The Morgan fingerprint density at radius 2 is 1.89 bits per heavy atom. The summed E-state index contributed by atoms with van der Waals surface area (Å²) in [7, 11) is 1.76. The molecule has 1 atom stereocenters. The number of nitrogens with one attached hydrogen (secondary N) is 1. The highest BCUT2D eigenvalue weighted by atomic mass is 16.7. The third-order valence-electron chi connectivity index (χ3n) is 4.76. The summed E-state index contributed by atoms with van der Waals surface area (Å²) in [6.45, 7) is 2.04. The first-order valence-corrected chi connectivity index (χ1v) is 9.06. The molecule has 0 bridgehead atoms. The number of nitrogens with zero attached hydrogens (tertiary/aromatic N) is 5. The van der Waals surface area contributed by atoms with E-state index < -0.39 is 5.79 Å². The molecule has 2 aliphatic heterocycles. The standard InChI is InChI=1S/C18H22N6O4/c1-22-11-14(9-20-22)16(25)23-5-7-27-18(12-23)13-24(6-8-28-18)17(26)21-15-3-2-4-19-10-15/h2-4,9-11H,5-8,12-13H2,1H3,(H,21,26). The minimum Gasteiger partial charge on any atom is -0.345 e. The fourth-order valence-corrected chi connectivity index (χ4v) is 3.40. The molecular weight excluding hydrogens is 364 g/mol. The number of pyridine rings is 1. The van der Waals surface area contributed by atoms with Gasteiger partial charge in [-0.15, -0.1) is 0 Å². The summed E-state index contributed by atoms with van der Waals surface area (Å²) in [5, 5.41) is 6.87. The van der Waals surface area contributed by atoms with Gasteiger partial charge < -0.3 is 24.6 Å². The summed E-state index contributed by atoms with van der Waals surface area (Å²) >= 11 is 0. The zero-order valence-corrected chi connectivity index (χ0v) is 15.6. The van der Waals surface area contributed by atoms with E-state index in [0.717, 1.165) is 0 Å². The van der Waals surface area contributed by atoms with Gasteiger partial charge in [-0.05, 0) is 12.1 Å². The number of amides is 3. The average molecular weight is 386 g/mol. The first-order chi connectivity index (χ1) is 13.5. The van der Waals surface area contributed by atoms with Crippen LogP contribution in [-0.4, -0.2) is 81.7 Å². The topological polar surface area (TPSA) is 102 Å². The van der Waals surface area contributed by atoms with Gasteiger partial charge in [0.05, 0.1) is 49.9 Å². The summed E-state index contributed by atoms with van der Waals surface area (Å²) in [5.74, 6) is -1.16. The number of aromatic nitrogens is 3. The molecule has 148 valence electrons. The maximum absolute atomic E-state index is 12.8. The third kappa shape index (κ3) is 3.82. The van der Waals surface area contributed by atoms with Gasteiger partial charge in [0.2, 0.25) is 5.79 Å². The smallest absolute Gasteiger partial charge is 0.322 e. The van der Waals surface area contributed by atoms with Gasteiger partial charge in [0.15, 0.2) is 0 Å². The lowest BCUT2D eigenvalue weighted by atomic mass is 10.1. The van der Waals surface area contributed by atoms with Crippen LogP contribution in [0.4, 0.5) is 10.5 Å². The third-order valence-corrected chi connectivity index (χ3v) is 4.76. The molecule has 2 fully saturated rings. The van der Waals surface area contributed by atoms with Crippen molar-refractivity contribution < 1.29 is 19.1 Å². The van der Waals surface area contributed by atoms with Crippen molar-refractivity contribution in [2.75, 3.05) is 44.7 Å². The Balaban J connectivity index is 1.43. The Hall–Kier alpha value is -2.98. The molecule has 10 nitrogen and oxygen atoms in total. The van der Waals surface area contributed by atoms with Crippen LogP contribution in [0.25, 0.3) is 0 Å². The summed E-state index contributed by atoms with van der Waals surface area (Å²) in [6.07, 6.45) is 6.45. The lowest BCUT2D eigenvalue weighted by molar-refractivity contribution is -0.281. The van der Waals surface area contributed by atoms with Crippen molar-refractivity contribution in [2.24, 2.45) is 7.05 Å². The number of rotatable bonds is 2. The van der Waals surface area contributed by atoms with Crippen LogP contribution < -0.4 is 5.32 Å². The summed E-state index contributed by atoms with van der Waals surface area (Å²) in [4.78, 5) is 32.7. The second-order valence-corrected chi connectivity index (χ2v) is 6.83. The number of hydrogen-bond acceptors (Lipinski definition) is 6. The number of morpholine rings is 2. The SMILES string of the molecule is Cn1cc(C(=O)N2CCOC3(CN(C(=O)Nc4cccnc4)CCO3)C2)cn1. The van der Waals surface area contributed by atoms with E-state index in [0.29, 0.717) is 37.6 Å². The fraction of sp³-hybridized carbons (Fsp3) is 0.444. The predicted molar refractivity (Wildman–Crippen MR) is 98.6 cm³/mol. The molecule has 10 heteroatoms. The molecule has 2 aliphatic rings. The van der Waals surface area contributed by atoms with Gasteiger partial charge in [-0.25, -0.2) is 4.79 Å². The molecule has 4 heterocycles. The average Bonchev–Trinajstić information content (AvgIpc) is 3.14. The van der Waals surface area contributed by atoms with Crippen LogP contribution in [-0.2, 0) is 16.5 Å². The van der Waals surface area contributed by atoms with E-state index in [9.17, 15) is 9.59 Å². The maximum atomic E-state index is 12.8. The van der Waals surface area contributed by atoms with E-state index in [1.807, 2.05) is 0 Å². The molecule has 1 spiro atoms. The molecule has 2 saturated heterocycles. The van der Waals surface area contributed by atoms with Crippen LogP contribution in [0.5, 0.6) is 0 Å². The molecular formula is C18H22N6O4. The van der Waals surface area contributed by atoms with Crippen molar-refractivity contribution in [1.29, 1.82) is 0 Å². The van der Waals surface area contributed by atoms with Crippen molar-refractivity contribution in [3.8, 4) is 0 Å². The lowest BCUT2D eigenvalue weighted by Crippen LogP contribution is -2.64. The quantitative estimate of drug-likeness (QED) is 0.809. The fourth-order valence-electron chi connectivity index (χ4n) is 3.40. The maximum Gasteiger partial charge on any atom is 0.322 e. The van der Waals surface area contributed by atoms with E-state index in [2.05, 4.69) is 15.4 Å². The molecule has 2 aromatic heterocycles. The first-order valence-electron chi connectivity index (χ1n) is 9.06. The molecule has 0 radical (unpaired) electrons. The monoisotopic (exact) mass is 386 g/mol. The zero-order chi connectivity index (χ0) is 19.6. The highest BCUT2D eigenvalue weighted by Gasteiger charge is 2.44. The Kier molecular flexibility index (Phi) is 4.97. The summed E-state index contributed by atoms with van der Waals surface area (Å²) < 4.78 is 13.4. The van der Waals surface area contributed by atoms with Crippen LogP contribution >= 0.6 is 0 Å². The van der Waals surface area contributed by atoms with E-state index >= 15 is 0 Å². The van der Waals surface area contributed by atoms with E-state index in [4.69, 9.17) is 9.47 Å². The van der Waals surface area contributed by atoms with Crippen molar-refractivity contribution in [3.05, 3.63) is 42.5 Å². The van der Waals surface area contributed by atoms with E-state index in [-0.39, 0.29) is 25.0 Å². The molecule has 4 rings (SSSR count). The number of carbonyl (C=O) groups is 2. The van der Waals surface area contributed by atoms with Gasteiger partial charge in [-0.3, -0.25) is 14.5 Å². The number of ether oxygens (including phenoxy) is 2. The minimum atomic E-state index is -1.03. The second-order valence-electron chi connectivity index (χ2n) is 6.83. The number of carbonyl (C=O) groups excluding carboxylic acids is 2. The summed E-state index contributed by atoms with van der Waals surface area (Å²) in [5.41, 5.74) is 1.13. The Labute approximate surface area is 162 Å². The van der Waals surface area contributed by atoms with Gasteiger partial charge in [-0.1, -0.05) is 0 Å². The highest BCUT2D eigenvalue weighted by Crippen LogP contribution is 2.26. The van der Waals surface area contributed by atoms with E-state index in [1.165, 1.54) is 0 Å². The number of urea groups is 1. The van der Waals surface area contributed by atoms with E-state index in [1.54, 1.807) is 58.4 Å². The molecule has 0 aromatic carbocycles. The van der Waals surface area contributed by atoms with Crippen LogP contribution in [0.2, 0.25) is 0 Å². The van der Waals surface area contributed by atoms with Gasteiger partial charge in [-0.2, -0.15) is 5.10 Å². The molecule has 0 saturated carbocycles. The normalized spacial score (nSPS) is 22.3. The second kappa shape index (κ2) is 7.56. The van der Waals surface area contributed by atoms with Gasteiger partial charge in [0.1, 0.15) is 0 Å². The van der Waals surface area contributed by atoms with Gasteiger partial charge in [0.25, 0.3) is 5.91 Å². The Morgan fingerprint density at radius 3 is 2.57 bits per heavy atom. The largest absolute Gasteiger partial charge is 0.345 e. The predicted octanol–water partition coefficient (Wildman–Crippen LogP) is 0.548. The lowest BCUT2D eigenvalue weighted by Gasteiger charge is -2.47. The van der Waals surface area contributed by atoms with Crippen LogP contribution in [0.3, 0.4) is 0 Å². The van der Waals surface area contributed by atoms with Crippen LogP contribution in [0.1, 0.15) is 10.4 Å². The first kappa shape index (κ1) is 18.4. The van der Waals surface area contributed by atoms with Gasteiger partial charge in [0, 0.05) is 32.5 Å². The van der Waals surface area contributed by atoms with Crippen molar-refractivity contribution in [1.82, 2.24) is 24.6 Å². The highest BCUT2D eigenvalue weighted by molar-refractivity contribution is 5.94. The molecule has 28 heavy (non-hydrogen) atoms. The number of anilines is 1. The van der Waals surface area contributed by atoms with Crippen LogP contribution in [0.15, 0.2) is 36.9 Å². The minimum absolute atomic E-state index is 0.128. The molecule has 2 aromatic rings. The number of hydrogen-bond donors (Lipinski definition) is 1. The molecule has 1 unspecified atom stereocenters. The molecule has 1 N–H and O–H groups in total. The zero-order valence-electron chi connectivity index (χ0n) is 15.6. The van der Waals surface area contributed by atoms with Crippen molar-refractivity contribution >= 4 is 17.6 Å². The molecule has 0 aliphatic carbocycles. The van der Waals surface area contributed by atoms with Gasteiger partial charge >= 0.3 is 6.03 Å². The Bertz CT molecular complexity index is 853. The number of aryl methyl sites for hydroxylation is 1. The van der Waals surface area contributed by atoms with Crippen molar-refractivity contribution in [2.45, 2.75) is 5.79 Å². The molecule has 3 amide bonds. The van der Waals surface area contributed by atoms with Crippen molar-refractivity contribution in [3.63, 3.8) is 0 Å². The summed E-state index contributed by atoms with van der Waals surface area (Å²) in [6, 6.07) is 3.27. The van der Waals surface area contributed by atoms with Crippen LogP contribution in [0, 0.1) is 0 Å².